The Bertz CT molecular complexity index is 310. The fraction of sp³-hybridized carbons (Fsp3) is 0.300. The number of benzene rings is 1. The fourth-order valence-electron chi connectivity index (χ4n) is 1.17. The van der Waals surface area contributed by atoms with Crippen molar-refractivity contribution < 1.29 is 4.74 Å². The van der Waals surface area contributed by atoms with E-state index in [4.69, 9.17) is 4.74 Å². The minimum Gasteiger partial charge on any atom is -0.345 e. The Hall–Kier alpha value is -0.800. The first-order chi connectivity index (χ1) is 6.36. The van der Waals surface area contributed by atoms with Crippen molar-refractivity contribution in [2.45, 2.75) is 12.4 Å². The zero-order chi connectivity index (χ0) is 9.10. The lowest BCUT2D eigenvalue weighted by Gasteiger charge is -2.18. The van der Waals surface area contributed by atoms with E-state index in [1.165, 1.54) is 5.56 Å². The molecule has 0 spiro atoms. The quantitative estimate of drug-likeness (QED) is 0.683. The standard InChI is InChI=1S/C10H11NOS/c1-8-12-7-11-10(13-8)9-5-3-2-4-6-9/h2-6,8H,7H2,1H3/t8-/m0/s1. The van der Waals surface area contributed by atoms with Gasteiger partial charge in [0.05, 0.1) is 0 Å². The van der Waals surface area contributed by atoms with Crippen molar-refractivity contribution in [1.29, 1.82) is 0 Å². The molecule has 1 aromatic rings. The molecular weight excluding hydrogens is 182 g/mol. The molecule has 0 N–H and O–H groups in total. The van der Waals surface area contributed by atoms with E-state index in [1.54, 1.807) is 11.8 Å². The molecule has 1 heterocycles. The average molecular weight is 193 g/mol. The van der Waals surface area contributed by atoms with Crippen molar-refractivity contribution in [3.63, 3.8) is 0 Å². The maximum atomic E-state index is 5.30. The number of rotatable bonds is 1. The molecule has 1 aliphatic rings. The van der Waals surface area contributed by atoms with E-state index in [9.17, 15) is 0 Å². The molecule has 0 amide bonds. The average Bonchev–Trinajstić information content (AvgIpc) is 2.19. The Morgan fingerprint density at radius 1 is 1.38 bits per heavy atom. The zero-order valence-electron chi connectivity index (χ0n) is 7.43. The lowest BCUT2D eigenvalue weighted by molar-refractivity contribution is 0.130. The van der Waals surface area contributed by atoms with Crippen molar-refractivity contribution >= 4 is 16.8 Å². The molecule has 68 valence electrons. The number of nitrogens with zero attached hydrogens (tertiary/aromatic N) is 1. The molecule has 0 radical (unpaired) electrons. The summed E-state index contributed by atoms with van der Waals surface area (Å²) in [5.41, 5.74) is 1.40. The van der Waals surface area contributed by atoms with E-state index < -0.39 is 0 Å². The monoisotopic (exact) mass is 193 g/mol. The van der Waals surface area contributed by atoms with E-state index in [-0.39, 0.29) is 5.44 Å². The van der Waals surface area contributed by atoms with Crippen LogP contribution in [0.5, 0.6) is 0 Å². The fourth-order valence-corrected chi connectivity index (χ4v) is 2.01. The van der Waals surface area contributed by atoms with Crippen molar-refractivity contribution in [2.24, 2.45) is 4.99 Å². The molecule has 2 rings (SSSR count). The lowest BCUT2D eigenvalue weighted by Crippen LogP contribution is -2.14. The van der Waals surface area contributed by atoms with Gasteiger partial charge in [-0.2, -0.15) is 0 Å². The van der Waals surface area contributed by atoms with Gasteiger partial charge in [0.1, 0.15) is 17.2 Å². The van der Waals surface area contributed by atoms with Crippen molar-refractivity contribution in [2.75, 3.05) is 6.73 Å². The second-order valence-corrected chi connectivity index (χ2v) is 4.10. The second-order valence-electron chi connectivity index (χ2n) is 2.81. The number of aliphatic imine (C=N–C) groups is 1. The summed E-state index contributed by atoms with van der Waals surface area (Å²) in [6, 6.07) is 10.2. The van der Waals surface area contributed by atoms with Gasteiger partial charge >= 0.3 is 0 Å². The van der Waals surface area contributed by atoms with Gasteiger partial charge in [-0.15, -0.1) is 0 Å². The Kier molecular flexibility index (Phi) is 2.66. The summed E-state index contributed by atoms with van der Waals surface area (Å²) in [4.78, 5) is 4.31. The second kappa shape index (κ2) is 3.94. The summed E-state index contributed by atoms with van der Waals surface area (Å²) < 4.78 is 5.30. The summed E-state index contributed by atoms with van der Waals surface area (Å²) in [5, 5.41) is 1.08. The Morgan fingerprint density at radius 3 is 2.85 bits per heavy atom. The molecule has 0 saturated heterocycles. The smallest absolute Gasteiger partial charge is 0.140 e. The highest BCUT2D eigenvalue weighted by Gasteiger charge is 2.14. The molecule has 0 aliphatic carbocycles. The van der Waals surface area contributed by atoms with E-state index >= 15 is 0 Å². The van der Waals surface area contributed by atoms with Crippen LogP contribution in [-0.4, -0.2) is 17.2 Å². The minimum absolute atomic E-state index is 0.215. The van der Waals surface area contributed by atoms with Crippen LogP contribution in [0.2, 0.25) is 0 Å². The van der Waals surface area contributed by atoms with E-state index in [0.29, 0.717) is 6.73 Å². The van der Waals surface area contributed by atoms with Crippen LogP contribution in [0.4, 0.5) is 0 Å². The highest BCUT2D eigenvalue weighted by atomic mass is 32.2. The van der Waals surface area contributed by atoms with Crippen LogP contribution in [0.15, 0.2) is 35.3 Å². The van der Waals surface area contributed by atoms with Crippen LogP contribution in [0.1, 0.15) is 12.5 Å². The number of ether oxygens (including phenoxy) is 1. The van der Waals surface area contributed by atoms with Crippen LogP contribution in [-0.2, 0) is 4.74 Å². The van der Waals surface area contributed by atoms with Gasteiger partial charge in [0, 0.05) is 5.56 Å². The van der Waals surface area contributed by atoms with Gasteiger partial charge in [-0.05, 0) is 6.92 Å². The molecule has 1 aliphatic heterocycles. The minimum atomic E-state index is 0.215. The normalized spacial score (nSPS) is 22.5. The van der Waals surface area contributed by atoms with E-state index in [1.807, 2.05) is 25.1 Å². The van der Waals surface area contributed by atoms with Crippen molar-refractivity contribution in [1.82, 2.24) is 0 Å². The molecule has 13 heavy (non-hydrogen) atoms. The van der Waals surface area contributed by atoms with Gasteiger partial charge in [0.25, 0.3) is 0 Å². The SMILES string of the molecule is C[C@H]1OCN=C(c2ccccc2)S1. The van der Waals surface area contributed by atoms with Crippen LogP contribution in [0.25, 0.3) is 0 Å². The molecule has 0 unspecified atom stereocenters. The third-order valence-electron chi connectivity index (χ3n) is 1.82. The van der Waals surface area contributed by atoms with Gasteiger partial charge in [-0.3, -0.25) is 0 Å². The molecule has 0 aromatic heterocycles. The zero-order valence-corrected chi connectivity index (χ0v) is 8.25. The third-order valence-corrected chi connectivity index (χ3v) is 2.87. The molecule has 3 heteroatoms. The number of hydrogen-bond donors (Lipinski definition) is 0. The van der Waals surface area contributed by atoms with Crippen LogP contribution < -0.4 is 0 Å². The Morgan fingerprint density at radius 2 is 2.15 bits per heavy atom. The van der Waals surface area contributed by atoms with Crippen molar-refractivity contribution in [3.05, 3.63) is 35.9 Å². The first-order valence-corrected chi connectivity index (χ1v) is 5.12. The van der Waals surface area contributed by atoms with Gasteiger partial charge in [0.2, 0.25) is 0 Å². The number of hydrogen-bond acceptors (Lipinski definition) is 3. The van der Waals surface area contributed by atoms with Crippen molar-refractivity contribution in [3.8, 4) is 0 Å². The highest BCUT2D eigenvalue weighted by Crippen LogP contribution is 2.23. The van der Waals surface area contributed by atoms with Gasteiger partial charge in [0.15, 0.2) is 0 Å². The topological polar surface area (TPSA) is 21.6 Å². The molecule has 0 saturated carbocycles. The largest absolute Gasteiger partial charge is 0.345 e. The summed E-state index contributed by atoms with van der Waals surface area (Å²) >= 11 is 1.67. The number of thioether (sulfide) groups is 1. The molecule has 0 fully saturated rings. The van der Waals surface area contributed by atoms with E-state index in [2.05, 4.69) is 17.1 Å². The Labute approximate surface area is 82.0 Å². The first-order valence-electron chi connectivity index (χ1n) is 4.24. The molecule has 2 nitrogen and oxygen atoms in total. The molecular formula is C10H11NOS. The van der Waals surface area contributed by atoms with Gasteiger partial charge < -0.3 is 4.74 Å². The third kappa shape index (κ3) is 2.11. The molecule has 1 atom stereocenters. The maximum absolute atomic E-state index is 5.30. The van der Waals surface area contributed by atoms with Crippen LogP contribution in [0, 0.1) is 0 Å². The highest BCUT2D eigenvalue weighted by molar-refractivity contribution is 8.14. The van der Waals surface area contributed by atoms with Crippen LogP contribution in [0.3, 0.4) is 0 Å². The summed E-state index contributed by atoms with van der Waals surface area (Å²) in [5.74, 6) is 0. The maximum Gasteiger partial charge on any atom is 0.140 e. The first kappa shape index (κ1) is 8.78. The predicted octanol–water partition coefficient (Wildman–Crippen LogP) is 2.50. The van der Waals surface area contributed by atoms with E-state index in [0.717, 1.165) is 5.04 Å². The van der Waals surface area contributed by atoms with Crippen LogP contribution >= 0.6 is 11.8 Å². The Balaban J connectivity index is 2.22. The lowest BCUT2D eigenvalue weighted by atomic mass is 10.2. The van der Waals surface area contributed by atoms with Gasteiger partial charge in [-0.25, -0.2) is 4.99 Å². The summed E-state index contributed by atoms with van der Waals surface area (Å²) in [6.07, 6.45) is 0. The molecule has 1 aromatic carbocycles. The summed E-state index contributed by atoms with van der Waals surface area (Å²) in [6.45, 7) is 2.53. The summed E-state index contributed by atoms with van der Waals surface area (Å²) in [7, 11) is 0. The molecule has 0 bridgehead atoms. The predicted molar refractivity (Wildman–Crippen MR) is 56.0 cm³/mol. The van der Waals surface area contributed by atoms with Gasteiger partial charge in [-0.1, -0.05) is 42.1 Å².